The first-order valence-corrected chi connectivity index (χ1v) is 16.9. The maximum Gasteiger partial charge on any atom is 0.407 e. The van der Waals surface area contributed by atoms with Crippen LogP contribution in [-0.2, 0) is 19.1 Å². The zero-order chi connectivity index (χ0) is 33.3. The van der Waals surface area contributed by atoms with E-state index in [1.54, 1.807) is 0 Å². The first-order valence-electron chi connectivity index (χ1n) is 15.9. The largest absolute Gasteiger partial charge is 0.480 e. The van der Waals surface area contributed by atoms with Crippen molar-refractivity contribution in [2.45, 2.75) is 23.1 Å². The number of hydrogen-bond donors (Lipinski definition) is 3. The van der Waals surface area contributed by atoms with Crippen LogP contribution in [0.5, 0.6) is 0 Å². The minimum Gasteiger partial charge on any atom is -0.480 e. The Morgan fingerprint density at radius 2 is 1.15 bits per heavy atom. The number of amides is 2. The maximum absolute atomic E-state index is 12.9. The fourth-order valence-corrected chi connectivity index (χ4v) is 7.90. The number of nitrogens with one attached hydrogen (secondary N) is 2. The molecular weight excluding hydrogens is 621 g/mol. The lowest BCUT2D eigenvalue weighted by Gasteiger charge is -2.36. The molecule has 5 aromatic rings. The predicted octanol–water partition coefficient (Wildman–Crippen LogP) is 7.21. The smallest absolute Gasteiger partial charge is 0.407 e. The van der Waals surface area contributed by atoms with Crippen molar-refractivity contribution in [2.24, 2.45) is 0 Å². The average molecular weight is 657 g/mol. The number of benzene rings is 5. The fourth-order valence-electron chi connectivity index (χ4n) is 6.35. The minimum atomic E-state index is -1.16. The van der Waals surface area contributed by atoms with Crippen LogP contribution in [0.2, 0.25) is 0 Å². The van der Waals surface area contributed by atoms with E-state index < -0.39 is 28.8 Å². The summed E-state index contributed by atoms with van der Waals surface area (Å²) in [5.74, 6) is -1.59. The Labute approximate surface area is 284 Å². The molecule has 2 amide bonds. The van der Waals surface area contributed by atoms with E-state index in [-0.39, 0.29) is 31.2 Å². The van der Waals surface area contributed by atoms with E-state index in [1.165, 1.54) is 11.8 Å². The van der Waals surface area contributed by atoms with E-state index in [1.807, 2.05) is 127 Å². The van der Waals surface area contributed by atoms with Crippen LogP contribution in [0, 0.1) is 0 Å². The van der Waals surface area contributed by atoms with Crippen LogP contribution in [0.3, 0.4) is 0 Å². The number of rotatable bonds is 13. The van der Waals surface area contributed by atoms with Crippen molar-refractivity contribution < 1.29 is 24.2 Å². The number of carbonyl (C=O) groups excluding carboxylic acids is 2. The summed E-state index contributed by atoms with van der Waals surface area (Å²) in [6, 6.07) is 44.9. The van der Waals surface area contributed by atoms with Crippen molar-refractivity contribution in [1.82, 2.24) is 10.6 Å². The second-order valence-corrected chi connectivity index (χ2v) is 12.8. The van der Waals surface area contributed by atoms with Crippen LogP contribution in [0.1, 0.15) is 40.2 Å². The third-order valence-corrected chi connectivity index (χ3v) is 10.2. The molecule has 1 aliphatic carbocycles. The molecule has 3 N–H and O–H groups in total. The zero-order valence-corrected chi connectivity index (χ0v) is 27.1. The fraction of sp³-hybridized carbons (Fsp3) is 0.175. The van der Waals surface area contributed by atoms with Gasteiger partial charge >= 0.3 is 12.1 Å². The van der Waals surface area contributed by atoms with Gasteiger partial charge in [-0.1, -0.05) is 140 Å². The summed E-state index contributed by atoms with van der Waals surface area (Å²) in [5, 5.41) is 15.4. The summed E-state index contributed by atoms with van der Waals surface area (Å²) in [7, 11) is 0. The van der Waals surface area contributed by atoms with Crippen molar-refractivity contribution in [3.63, 3.8) is 0 Å². The number of fused-ring (bicyclic) bond motifs is 3. The SMILES string of the molecule is O=C(CCNC(=O)OCC1c2ccccc2-c2ccccc21)N[C@H](CSC(c1ccccc1)(c1ccccc1)c1ccccc1)C(=O)O. The first kappa shape index (κ1) is 32.6. The van der Waals surface area contributed by atoms with Crippen LogP contribution >= 0.6 is 11.8 Å². The summed E-state index contributed by atoms with van der Waals surface area (Å²) >= 11 is 1.46. The van der Waals surface area contributed by atoms with Gasteiger partial charge in [-0.05, 0) is 38.9 Å². The van der Waals surface area contributed by atoms with Gasteiger partial charge in [0.1, 0.15) is 12.6 Å². The van der Waals surface area contributed by atoms with Gasteiger partial charge in [-0.25, -0.2) is 9.59 Å². The molecule has 5 aromatic carbocycles. The molecule has 1 atom stereocenters. The molecule has 0 unspecified atom stereocenters. The number of hydrogen-bond acceptors (Lipinski definition) is 5. The summed E-state index contributed by atoms with van der Waals surface area (Å²) < 4.78 is 4.84. The van der Waals surface area contributed by atoms with Gasteiger partial charge in [-0.3, -0.25) is 4.79 Å². The lowest BCUT2D eigenvalue weighted by atomic mass is 9.84. The lowest BCUT2D eigenvalue weighted by Crippen LogP contribution is -2.44. The summed E-state index contributed by atoms with van der Waals surface area (Å²) in [6.07, 6.45) is -0.729. The molecule has 1 aliphatic rings. The van der Waals surface area contributed by atoms with Crippen LogP contribution in [0.4, 0.5) is 4.79 Å². The van der Waals surface area contributed by atoms with Crippen molar-refractivity contribution in [1.29, 1.82) is 0 Å². The monoisotopic (exact) mass is 656 g/mol. The van der Waals surface area contributed by atoms with Gasteiger partial charge in [0.2, 0.25) is 5.91 Å². The normalized spacial score (nSPS) is 12.8. The Morgan fingerprint density at radius 3 is 1.62 bits per heavy atom. The average Bonchev–Trinajstić information content (AvgIpc) is 3.45. The summed E-state index contributed by atoms with van der Waals surface area (Å²) in [5.41, 5.74) is 7.48. The Hall–Kier alpha value is -5.34. The molecule has 48 heavy (non-hydrogen) atoms. The van der Waals surface area contributed by atoms with Gasteiger partial charge in [-0.2, -0.15) is 0 Å². The van der Waals surface area contributed by atoms with E-state index >= 15 is 0 Å². The van der Waals surface area contributed by atoms with Gasteiger partial charge < -0.3 is 20.5 Å². The highest BCUT2D eigenvalue weighted by Crippen LogP contribution is 2.48. The van der Waals surface area contributed by atoms with Crippen LogP contribution in [0.15, 0.2) is 140 Å². The van der Waals surface area contributed by atoms with Crippen LogP contribution in [-0.4, -0.2) is 48.0 Å². The summed E-state index contributed by atoms with van der Waals surface area (Å²) in [6.45, 7) is 0.167. The molecule has 0 saturated carbocycles. The second kappa shape index (κ2) is 15.0. The number of ether oxygens (including phenoxy) is 1. The molecule has 0 fully saturated rings. The minimum absolute atomic E-state index is 0.00394. The predicted molar refractivity (Wildman–Crippen MR) is 189 cm³/mol. The maximum atomic E-state index is 12.9. The zero-order valence-electron chi connectivity index (χ0n) is 26.3. The number of carboxylic acids is 1. The van der Waals surface area contributed by atoms with Crippen molar-refractivity contribution in [2.75, 3.05) is 18.9 Å². The van der Waals surface area contributed by atoms with Gasteiger partial charge in [0, 0.05) is 24.6 Å². The topological polar surface area (TPSA) is 105 Å². The number of carboxylic acid groups (broad SMARTS) is 1. The van der Waals surface area contributed by atoms with Gasteiger partial charge in [0.25, 0.3) is 0 Å². The van der Waals surface area contributed by atoms with Gasteiger partial charge in [0.15, 0.2) is 0 Å². The molecule has 0 spiro atoms. The Kier molecular flexibility index (Phi) is 10.2. The molecule has 7 nitrogen and oxygen atoms in total. The number of thioether (sulfide) groups is 1. The molecule has 0 aliphatic heterocycles. The quantitative estimate of drug-likeness (QED) is 0.116. The Bertz CT molecular complexity index is 1730. The number of alkyl carbamates (subject to hydrolysis) is 1. The molecular formula is C40H36N2O5S. The lowest BCUT2D eigenvalue weighted by molar-refractivity contribution is -0.141. The molecule has 0 saturated heterocycles. The van der Waals surface area contributed by atoms with Crippen molar-refractivity contribution in [3.05, 3.63) is 167 Å². The number of carbonyl (C=O) groups is 3. The third kappa shape index (κ3) is 6.99. The van der Waals surface area contributed by atoms with E-state index in [2.05, 4.69) is 22.8 Å². The van der Waals surface area contributed by atoms with Crippen LogP contribution < -0.4 is 10.6 Å². The molecule has 0 aromatic heterocycles. The molecule has 8 heteroatoms. The molecule has 0 bridgehead atoms. The molecule has 242 valence electrons. The van der Waals surface area contributed by atoms with E-state index in [0.717, 1.165) is 38.9 Å². The van der Waals surface area contributed by atoms with E-state index in [0.29, 0.717) is 0 Å². The molecule has 0 radical (unpaired) electrons. The Morgan fingerprint density at radius 1 is 0.688 bits per heavy atom. The summed E-state index contributed by atoms with van der Waals surface area (Å²) in [4.78, 5) is 37.9. The second-order valence-electron chi connectivity index (χ2n) is 11.6. The van der Waals surface area contributed by atoms with Gasteiger partial charge in [0.05, 0.1) is 4.75 Å². The number of aliphatic carboxylic acids is 1. The third-order valence-electron chi connectivity index (χ3n) is 8.61. The highest BCUT2D eigenvalue weighted by molar-refractivity contribution is 8.00. The standard InChI is InChI=1S/C40H36N2O5S/c43-37(24-25-41-39(46)47-26-35-33-22-12-10-20-31(33)32-21-11-13-23-34(32)35)42-36(38(44)45)27-48-40(28-14-4-1-5-15-28,29-16-6-2-7-17-29)30-18-8-3-9-19-30/h1-23,35-36H,24-27H2,(H,41,46)(H,42,43)(H,44,45)/t36-/m1/s1. The van der Waals surface area contributed by atoms with Crippen molar-refractivity contribution in [3.8, 4) is 11.1 Å². The van der Waals surface area contributed by atoms with E-state index in [4.69, 9.17) is 4.74 Å². The van der Waals surface area contributed by atoms with E-state index in [9.17, 15) is 19.5 Å². The Balaban J connectivity index is 1.07. The van der Waals surface area contributed by atoms with Crippen LogP contribution in [0.25, 0.3) is 11.1 Å². The molecule has 6 rings (SSSR count). The van der Waals surface area contributed by atoms with Crippen molar-refractivity contribution >= 4 is 29.7 Å². The van der Waals surface area contributed by atoms with Gasteiger partial charge in [-0.15, -0.1) is 11.8 Å². The first-order chi connectivity index (χ1) is 23.5. The highest BCUT2D eigenvalue weighted by Gasteiger charge is 2.38. The molecule has 0 heterocycles. The highest BCUT2D eigenvalue weighted by atomic mass is 32.2.